The number of carbonyl (C=O) groups is 2. The molecule has 186 valence electrons. The Morgan fingerprint density at radius 1 is 1.14 bits per heavy atom. The van der Waals surface area contributed by atoms with Gasteiger partial charge in [-0.1, -0.05) is 36.4 Å². The number of ketones is 1. The Bertz CT molecular complexity index is 1080. The van der Waals surface area contributed by atoms with E-state index in [2.05, 4.69) is 10.1 Å². The van der Waals surface area contributed by atoms with Crippen LogP contribution in [0.1, 0.15) is 71.1 Å². The molecule has 35 heavy (non-hydrogen) atoms. The second-order valence-electron chi connectivity index (χ2n) is 9.70. The van der Waals surface area contributed by atoms with E-state index in [-0.39, 0.29) is 18.1 Å². The SMILES string of the molecule is COCCC1(N)c2ccc(C(=O)c3ccc(C=NN4CCCCC4)cc3)cc2CCC1CC(=O)O. The molecule has 0 radical (unpaired) electrons. The molecular formula is C28H35N3O4. The van der Waals surface area contributed by atoms with Gasteiger partial charge in [-0.15, -0.1) is 0 Å². The lowest BCUT2D eigenvalue weighted by Crippen LogP contribution is -2.49. The minimum atomic E-state index is -0.845. The summed E-state index contributed by atoms with van der Waals surface area (Å²) in [4.78, 5) is 24.7. The van der Waals surface area contributed by atoms with Crippen LogP contribution in [0, 0.1) is 5.92 Å². The third-order valence-corrected chi connectivity index (χ3v) is 7.38. The fourth-order valence-corrected chi connectivity index (χ4v) is 5.34. The Hall–Kier alpha value is -3.03. The number of methoxy groups -OCH3 is 1. The quantitative estimate of drug-likeness (QED) is 0.418. The second-order valence-corrected chi connectivity index (χ2v) is 9.70. The van der Waals surface area contributed by atoms with Gasteiger partial charge in [-0.3, -0.25) is 14.6 Å². The van der Waals surface area contributed by atoms with Gasteiger partial charge >= 0.3 is 5.97 Å². The van der Waals surface area contributed by atoms with Gasteiger partial charge in [0.05, 0.1) is 12.6 Å². The fourth-order valence-electron chi connectivity index (χ4n) is 5.34. The molecule has 0 bridgehead atoms. The number of benzene rings is 2. The zero-order valence-electron chi connectivity index (χ0n) is 20.4. The first-order valence-corrected chi connectivity index (χ1v) is 12.5. The van der Waals surface area contributed by atoms with E-state index >= 15 is 0 Å². The van der Waals surface area contributed by atoms with Crippen molar-refractivity contribution in [3.05, 3.63) is 70.3 Å². The molecular weight excluding hydrogens is 442 g/mol. The summed E-state index contributed by atoms with van der Waals surface area (Å²) < 4.78 is 5.27. The van der Waals surface area contributed by atoms with E-state index in [1.54, 1.807) is 7.11 Å². The smallest absolute Gasteiger partial charge is 0.303 e. The minimum Gasteiger partial charge on any atom is -0.481 e. The molecule has 7 nitrogen and oxygen atoms in total. The standard InChI is InChI=1S/C28H35N3O4/c1-35-16-13-28(29)24(18-26(32)33)11-9-22-17-23(10-12-25(22)28)27(34)21-7-5-20(6-8-21)19-30-31-14-3-2-4-15-31/h5-8,10,12,17,19,24H,2-4,9,11,13-16,18,29H2,1H3,(H,32,33). The van der Waals surface area contributed by atoms with Crippen LogP contribution >= 0.6 is 0 Å². The Morgan fingerprint density at radius 3 is 2.54 bits per heavy atom. The van der Waals surface area contributed by atoms with E-state index in [4.69, 9.17) is 10.5 Å². The van der Waals surface area contributed by atoms with Gasteiger partial charge in [0.25, 0.3) is 0 Å². The third kappa shape index (κ3) is 5.80. The number of hydrogen-bond donors (Lipinski definition) is 2. The number of rotatable bonds is 9. The highest BCUT2D eigenvalue weighted by molar-refractivity contribution is 6.09. The largest absolute Gasteiger partial charge is 0.481 e. The van der Waals surface area contributed by atoms with Crippen LogP contribution in [-0.2, 0) is 21.5 Å². The van der Waals surface area contributed by atoms with Crippen LogP contribution in [0.15, 0.2) is 47.6 Å². The predicted molar refractivity (Wildman–Crippen MR) is 136 cm³/mol. The summed E-state index contributed by atoms with van der Waals surface area (Å²) in [7, 11) is 1.62. The molecule has 3 N–H and O–H groups in total. The summed E-state index contributed by atoms with van der Waals surface area (Å²) >= 11 is 0. The summed E-state index contributed by atoms with van der Waals surface area (Å²) in [6, 6.07) is 13.2. The maximum absolute atomic E-state index is 13.2. The highest BCUT2D eigenvalue weighted by Crippen LogP contribution is 2.42. The molecule has 0 spiro atoms. The van der Waals surface area contributed by atoms with Crippen molar-refractivity contribution in [2.45, 2.75) is 50.5 Å². The number of aliphatic carboxylic acids is 1. The number of carbonyl (C=O) groups excluding carboxylic acids is 1. The van der Waals surface area contributed by atoms with Crippen molar-refractivity contribution in [2.75, 3.05) is 26.8 Å². The van der Waals surface area contributed by atoms with Crippen LogP contribution in [-0.4, -0.2) is 54.9 Å². The lowest BCUT2D eigenvalue weighted by Gasteiger charge is -2.42. The zero-order chi connectivity index (χ0) is 24.8. The molecule has 2 aromatic carbocycles. The Kier molecular flexibility index (Phi) is 7.98. The number of nitrogens with zero attached hydrogens (tertiary/aromatic N) is 2. The van der Waals surface area contributed by atoms with Crippen molar-refractivity contribution in [3.63, 3.8) is 0 Å². The van der Waals surface area contributed by atoms with E-state index in [0.717, 1.165) is 29.8 Å². The predicted octanol–water partition coefficient (Wildman–Crippen LogP) is 3.97. The van der Waals surface area contributed by atoms with E-state index in [9.17, 15) is 14.7 Å². The number of aryl methyl sites for hydroxylation is 1. The number of ether oxygens (including phenoxy) is 1. The lowest BCUT2D eigenvalue weighted by atomic mass is 9.66. The summed E-state index contributed by atoms with van der Waals surface area (Å²) in [5, 5.41) is 16.0. The molecule has 1 fully saturated rings. The van der Waals surface area contributed by atoms with Crippen molar-refractivity contribution in [2.24, 2.45) is 16.8 Å². The van der Waals surface area contributed by atoms with E-state index in [0.29, 0.717) is 37.0 Å². The normalized spacial score (nSPS) is 22.2. The number of hydrogen-bond acceptors (Lipinski definition) is 6. The fraction of sp³-hybridized carbons (Fsp3) is 0.464. The molecule has 0 aromatic heterocycles. The molecule has 1 saturated heterocycles. The maximum atomic E-state index is 13.2. The van der Waals surface area contributed by atoms with Gasteiger partial charge in [0.15, 0.2) is 5.78 Å². The van der Waals surface area contributed by atoms with E-state index < -0.39 is 11.5 Å². The highest BCUT2D eigenvalue weighted by atomic mass is 16.5. The average Bonchev–Trinajstić information content (AvgIpc) is 2.88. The topological polar surface area (TPSA) is 105 Å². The molecule has 0 saturated carbocycles. The molecule has 0 amide bonds. The van der Waals surface area contributed by atoms with Gasteiger partial charge in [-0.05, 0) is 67.2 Å². The molecule has 2 atom stereocenters. The summed E-state index contributed by atoms with van der Waals surface area (Å²) in [6.45, 7) is 2.44. The average molecular weight is 478 g/mol. The number of nitrogens with two attached hydrogens (primary N) is 1. The van der Waals surface area contributed by atoms with Crippen LogP contribution in [0.4, 0.5) is 0 Å². The minimum absolute atomic E-state index is 0.0216. The van der Waals surface area contributed by atoms with Crippen LogP contribution < -0.4 is 5.73 Å². The first kappa shape index (κ1) is 25.1. The number of piperidine rings is 1. The van der Waals surface area contributed by atoms with Crippen molar-refractivity contribution in [1.82, 2.24) is 5.01 Å². The Morgan fingerprint density at radius 2 is 1.86 bits per heavy atom. The molecule has 7 heteroatoms. The number of hydrazone groups is 1. The van der Waals surface area contributed by atoms with E-state index in [1.165, 1.54) is 19.3 Å². The maximum Gasteiger partial charge on any atom is 0.303 e. The molecule has 2 aliphatic rings. The van der Waals surface area contributed by atoms with Crippen LogP contribution in [0.25, 0.3) is 0 Å². The van der Waals surface area contributed by atoms with Crippen molar-refractivity contribution in [3.8, 4) is 0 Å². The third-order valence-electron chi connectivity index (χ3n) is 7.38. The summed E-state index contributed by atoms with van der Waals surface area (Å²) in [6.07, 6.45) is 7.41. The van der Waals surface area contributed by atoms with E-state index in [1.807, 2.05) is 48.7 Å². The molecule has 1 aliphatic heterocycles. The zero-order valence-corrected chi connectivity index (χ0v) is 20.4. The van der Waals surface area contributed by atoms with Gasteiger partial charge in [0.2, 0.25) is 0 Å². The van der Waals surface area contributed by atoms with Crippen LogP contribution in [0.5, 0.6) is 0 Å². The van der Waals surface area contributed by atoms with Gasteiger partial charge in [-0.2, -0.15) is 5.10 Å². The summed E-state index contributed by atoms with van der Waals surface area (Å²) in [5.41, 5.74) is 10.2. The van der Waals surface area contributed by atoms with Crippen LogP contribution in [0.2, 0.25) is 0 Å². The molecule has 2 aromatic rings. The Labute approximate surface area is 207 Å². The number of carboxylic acid groups (broad SMARTS) is 1. The van der Waals surface area contributed by atoms with Crippen molar-refractivity contribution < 1.29 is 19.4 Å². The number of fused-ring (bicyclic) bond motifs is 1. The first-order chi connectivity index (χ1) is 16.9. The highest BCUT2D eigenvalue weighted by Gasteiger charge is 2.41. The van der Waals surface area contributed by atoms with Gasteiger partial charge in [0.1, 0.15) is 0 Å². The van der Waals surface area contributed by atoms with Gasteiger partial charge < -0.3 is 15.6 Å². The Balaban J connectivity index is 1.51. The van der Waals surface area contributed by atoms with Crippen molar-refractivity contribution in [1.29, 1.82) is 0 Å². The molecule has 1 aliphatic carbocycles. The van der Waals surface area contributed by atoms with Gasteiger partial charge in [0, 0.05) is 43.5 Å². The summed E-state index contributed by atoms with van der Waals surface area (Å²) in [5.74, 6) is -1.07. The van der Waals surface area contributed by atoms with Gasteiger partial charge in [-0.25, -0.2) is 0 Å². The van der Waals surface area contributed by atoms with Crippen molar-refractivity contribution >= 4 is 18.0 Å². The second kappa shape index (κ2) is 11.1. The molecule has 2 unspecified atom stereocenters. The molecule has 1 heterocycles. The van der Waals surface area contributed by atoms with Crippen LogP contribution in [0.3, 0.4) is 0 Å². The number of carboxylic acids is 1. The molecule has 4 rings (SSSR count). The lowest BCUT2D eigenvalue weighted by molar-refractivity contribution is -0.139. The first-order valence-electron chi connectivity index (χ1n) is 12.5. The monoisotopic (exact) mass is 477 g/mol.